The molecule has 2 N–H and O–H groups in total. The van der Waals surface area contributed by atoms with Crippen molar-refractivity contribution in [3.05, 3.63) is 0 Å². The molecule has 0 aromatic carbocycles. The Kier molecular flexibility index (Phi) is 2.19. The molecule has 0 radical (unpaired) electrons. The van der Waals surface area contributed by atoms with Crippen molar-refractivity contribution in [3.63, 3.8) is 0 Å². The third-order valence-electron chi connectivity index (χ3n) is 1.73. The summed E-state index contributed by atoms with van der Waals surface area (Å²) in [5.74, 6) is 0. The van der Waals surface area contributed by atoms with Gasteiger partial charge in [0.05, 0.1) is 4.83 Å². The highest BCUT2D eigenvalue weighted by molar-refractivity contribution is 9.09. The van der Waals surface area contributed by atoms with Gasteiger partial charge in [-0.15, -0.1) is 0 Å². The fraction of sp³-hybridized carbons (Fsp3) is 1.00. The Morgan fingerprint density at radius 3 is 2.27 bits per heavy atom. The first-order chi connectivity index (χ1) is 4.88. The summed E-state index contributed by atoms with van der Waals surface area (Å²) in [4.78, 5) is -0.949. The lowest BCUT2D eigenvalue weighted by molar-refractivity contribution is -0.248. The van der Waals surface area contributed by atoms with E-state index in [-0.39, 0.29) is 6.54 Å². The van der Waals surface area contributed by atoms with Crippen molar-refractivity contribution >= 4 is 15.9 Å². The Morgan fingerprint density at radius 1 is 1.55 bits per heavy atom. The molecule has 2 nitrogen and oxygen atoms in total. The van der Waals surface area contributed by atoms with Crippen LogP contribution >= 0.6 is 15.9 Å². The molecule has 2 atom stereocenters. The van der Waals surface area contributed by atoms with E-state index >= 15 is 0 Å². The van der Waals surface area contributed by atoms with Gasteiger partial charge in [-0.2, -0.15) is 13.2 Å². The highest BCUT2D eigenvalue weighted by atomic mass is 79.9. The molecular weight excluding hydrogens is 227 g/mol. The van der Waals surface area contributed by atoms with Crippen LogP contribution in [0.2, 0.25) is 0 Å². The molecule has 1 fully saturated rings. The van der Waals surface area contributed by atoms with Crippen molar-refractivity contribution in [2.24, 2.45) is 0 Å². The van der Waals surface area contributed by atoms with E-state index in [1.165, 1.54) is 0 Å². The summed E-state index contributed by atoms with van der Waals surface area (Å²) < 4.78 is 36.2. The van der Waals surface area contributed by atoms with E-state index in [2.05, 4.69) is 21.2 Å². The van der Waals surface area contributed by atoms with Gasteiger partial charge in [-0.3, -0.25) is 0 Å². The summed E-state index contributed by atoms with van der Waals surface area (Å²) in [5, 5.41) is 11.5. The lowest BCUT2D eigenvalue weighted by Crippen LogP contribution is -2.52. The standard InChI is InChI=1S/C5H7BrF3NO/c6-3-1-10-2-4(3,11)5(7,8)9/h3,10-11H,1-2H2. The summed E-state index contributed by atoms with van der Waals surface area (Å²) in [6.45, 7) is -0.303. The number of halogens is 4. The fourth-order valence-corrected chi connectivity index (χ4v) is 1.60. The first-order valence-electron chi connectivity index (χ1n) is 3.02. The van der Waals surface area contributed by atoms with Crippen LogP contribution in [-0.2, 0) is 0 Å². The van der Waals surface area contributed by atoms with E-state index in [4.69, 9.17) is 5.11 Å². The van der Waals surface area contributed by atoms with Gasteiger partial charge < -0.3 is 10.4 Å². The predicted molar refractivity (Wildman–Crippen MR) is 36.6 cm³/mol. The van der Waals surface area contributed by atoms with Crippen LogP contribution in [0.25, 0.3) is 0 Å². The molecular formula is C5H7BrF3NO. The molecule has 66 valence electrons. The molecule has 0 spiro atoms. The van der Waals surface area contributed by atoms with Gasteiger partial charge in [-0.1, -0.05) is 15.9 Å². The van der Waals surface area contributed by atoms with Crippen molar-refractivity contribution < 1.29 is 18.3 Å². The number of hydrogen-bond donors (Lipinski definition) is 2. The molecule has 6 heteroatoms. The molecule has 1 heterocycles. The van der Waals surface area contributed by atoms with Crippen LogP contribution in [0.3, 0.4) is 0 Å². The molecule has 2 unspecified atom stereocenters. The lowest BCUT2D eigenvalue weighted by atomic mass is 10.0. The zero-order valence-corrected chi connectivity index (χ0v) is 7.04. The zero-order chi connectivity index (χ0) is 8.70. The summed E-state index contributed by atoms with van der Waals surface area (Å²) in [6, 6.07) is 0. The van der Waals surface area contributed by atoms with E-state index in [0.717, 1.165) is 0 Å². The van der Waals surface area contributed by atoms with Gasteiger partial charge >= 0.3 is 6.18 Å². The van der Waals surface area contributed by atoms with Gasteiger partial charge in [-0.25, -0.2) is 0 Å². The smallest absolute Gasteiger partial charge is 0.379 e. The predicted octanol–water partition coefficient (Wildman–Crippen LogP) is 0.647. The summed E-state index contributed by atoms with van der Waals surface area (Å²) in [6.07, 6.45) is -4.56. The highest BCUT2D eigenvalue weighted by Crippen LogP contribution is 2.37. The van der Waals surface area contributed by atoms with Crippen LogP contribution in [-0.4, -0.2) is 34.8 Å². The summed E-state index contributed by atoms with van der Waals surface area (Å²) in [7, 11) is 0. The summed E-state index contributed by atoms with van der Waals surface area (Å²) >= 11 is 2.76. The van der Waals surface area contributed by atoms with Gasteiger partial charge in [0.1, 0.15) is 0 Å². The molecule has 1 aliphatic heterocycles. The SMILES string of the molecule is OC1(C(F)(F)F)CNCC1Br. The molecule has 1 aliphatic rings. The molecule has 0 aliphatic carbocycles. The van der Waals surface area contributed by atoms with E-state index in [1.54, 1.807) is 0 Å². The summed E-state index contributed by atoms with van der Waals surface area (Å²) in [5.41, 5.74) is -2.60. The number of β-amino-alcohol motifs (C(OH)–C–C–N with tert-alkyl or cyclic N) is 1. The topological polar surface area (TPSA) is 32.3 Å². The Bertz CT molecular complexity index is 162. The Morgan fingerprint density at radius 2 is 2.09 bits per heavy atom. The van der Waals surface area contributed by atoms with Gasteiger partial charge in [0.25, 0.3) is 0 Å². The van der Waals surface area contributed by atoms with Crippen LogP contribution < -0.4 is 5.32 Å². The second-order valence-corrected chi connectivity index (χ2v) is 3.63. The van der Waals surface area contributed by atoms with E-state index in [9.17, 15) is 13.2 Å². The Labute approximate surface area is 69.9 Å². The number of alkyl halides is 4. The van der Waals surface area contributed by atoms with Crippen LogP contribution in [0.1, 0.15) is 0 Å². The molecule has 0 aromatic heterocycles. The maximum atomic E-state index is 12.1. The zero-order valence-electron chi connectivity index (χ0n) is 5.45. The molecule has 0 amide bonds. The van der Waals surface area contributed by atoms with E-state index < -0.39 is 23.1 Å². The van der Waals surface area contributed by atoms with Gasteiger partial charge in [0, 0.05) is 13.1 Å². The number of rotatable bonds is 0. The Balaban J connectivity index is 2.81. The third-order valence-corrected chi connectivity index (χ3v) is 2.81. The molecule has 0 bridgehead atoms. The van der Waals surface area contributed by atoms with Crippen LogP contribution in [0, 0.1) is 0 Å². The van der Waals surface area contributed by atoms with Gasteiger partial charge in [0.15, 0.2) is 5.60 Å². The second-order valence-electron chi connectivity index (χ2n) is 2.52. The van der Waals surface area contributed by atoms with Crippen LogP contribution in [0.4, 0.5) is 13.2 Å². The number of hydrogen-bond acceptors (Lipinski definition) is 2. The van der Waals surface area contributed by atoms with Crippen molar-refractivity contribution in [2.75, 3.05) is 13.1 Å². The number of aliphatic hydroxyl groups is 1. The Hall–Kier alpha value is 0.190. The normalized spacial score (nSPS) is 39.5. The molecule has 0 saturated carbocycles. The van der Waals surface area contributed by atoms with E-state index in [1.807, 2.05) is 0 Å². The minimum atomic E-state index is -4.56. The molecule has 1 saturated heterocycles. The van der Waals surface area contributed by atoms with Crippen molar-refractivity contribution in [2.45, 2.75) is 16.6 Å². The average Bonchev–Trinajstić information content (AvgIpc) is 2.12. The van der Waals surface area contributed by atoms with Crippen molar-refractivity contribution in [1.82, 2.24) is 5.32 Å². The fourth-order valence-electron chi connectivity index (χ4n) is 0.947. The van der Waals surface area contributed by atoms with Crippen molar-refractivity contribution in [1.29, 1.82) is 0 Å². The molecule has 11 heavy (non-hydrogen) atoms. The largest absolute Gasteiger partial charge is 0.419 e. The molecule has 1 rings (SSSR count). The maximum Gasteiger partial charge on any atom is 0.419 e. The van der Waals surface area contributed by atoms with Crippen LogP contribution in [0.15, 0.2) is 0 Å². The first kappa shape index (κ1) is 9.28. The quantitative estimate of drug-likeness (QED) is 0.603. The van der Waals surface area contributed by atoms with Crippen molar-refractivity contribution in [3.8, 4) is 0 Å². The first-order valence-corrected chi connectivity index (χ1v) is 3.93. The minimum Gasteiger partial charge on any atom is -0.379 e. The lowest BCUT2D eigenvalue weighted by Gasteiger charge is -2.27. The average molecular weight is 234 g/mol. The van der Waals surface area contributed by atoms with Crippen LogP contribution in [0.5, 0.6) is 0 Å². The number of nitrogens with one attached hydrogen (secondary N) is 1. The monoisotopic (exact) mass is 233 g/mol. The molecule has 0 aromatic rings. The minimum absolute atomic E-state index is 0.135. The van der Waals surface area contributed by atoms with E-state index in [0.29, 0.717) is 0 Å². The second kappa shape index (κ2) is 2.60. The van der Waals surface area contributed by atoms with Gasteiger partial charge in [-0.05, 0) is 0 Å². The maximum absolute atomic E-state index is 12.1. The highest BCUT2D eigenvalue weighted by Gasteiger charge is 2.59. The van der Waals surface area contributed by atoms with Gasteiger partial charge in [0.2, 0.25) is 0 Å². The third kappa shape index (κ3) is 1.39.